The summed E-state index contributed by atoms with van der Waals surface area (Å²) in [5.74, 6) is -3.49. The van der Waals surface area contributed by atoms with Crippen molar-refractivity contribution in [1.29, 1.82) is 0 Å². The Morgan fingerprint density at radius 1 is 0.768 bits per heavy atom. The summed E-state index contributed by atoms with van der Waals surface area (Å²) in [5, 5.41) is 10.5. The van der Waals surface area contributed by atoms with Gasteiger partial charge in [-0.05, 0) is 84.0 Å². The Balaban J connectivity index is 1.11. The number of carbonyl (C=O) groups is 4. The van der Waals surface area contributed by atoms with E-state index in [9.17, 15) is 14.7 Å². The summed E-state index contributed by atoms with van der Waals surface area (Å²) < 4.78 is 11.8. The largest absolute Gasteiger partial charge is 0.508 e. The number of rotatable bonds is 5. The lowest BCUT2D eigenvalue weighted by Gasteiger charge is -2.56. The number of Topliss-reactive ketones (excluding diaryl/α,β-unsaturated/α-hetero) is 1. The molecule has 0 unspecified atom stereocenters. The maximum Gasteiger partial charge on any atom is 0.238 e. The van der Waals surface area contributed by atoms with Gasteiger partial charge < -0.3 is 19.5 Å². The average Bonchev–Trinajstić information content (AvgIpc) is 3.50. The first-order valence-electron chi connectivity index (χ1n) is 19.4. The number of benzene rings is 4. The predicted octanol–water partition coefficient (Wildman–Crippen LogP) is 6.61. The summed E-state index contributed by atoms with van der Waals surface area (Å²) in [4.78, 5) is 63.3. The zero-order chi connectivity index (χ0) is 38.1. The second-order valence-electron chi connectivity index (χ2n) is 15.7. The lowest BCUT2D eigenvalue weighted by atomic mass is 9.44. The minimum atomic E-state index is -1.35. The van der Waals surface area contributed by atoms with Crippen LogP contribution in [0.15, 0.2) is 133 Å². The van der Waals surface area contributed by atoms with Gasteiger partial charge in [-0.3, -0.25) is 24.1 Å². The Labute approximate surface area is 324 Å². The van der Waals surface area contributed by atoms with Crippen molar-refractivity contribution in [3.05, 3.63) is 149 Å². The summed E-state index contributed by atoms with van der Waals surface area (Å²) in [6.45, 7) is 2.83. The van der Waals surface area contributed by atoms with Gasteiger partial charge in [0.1, 0.15) is 11.5 Å². The average molecular weight is 745 g/mol. The number of hydrogen-bond acceptors (Lipinski definition) is 8. The van der Waals surface area contributed by atoms with Crippen molar-refractivity contribution in [2.24, 2.45) is 29.6 Å². The molecular formula is C47H40N2O7. The van der Waals surface area contributed by atoms with Crippen molar-refractivity contribution in [3.8, 4) is 11.5 Å². The van der Waals surface area contributed by atoms with Crippen LogP contribution in [0.4, 0.5) is 11.4 Å². The van der Waals surface area contributed by atoms with Gasteiger partial charge in [0.25, 0.3) is 0 Å². The van der Waals surface area contributed by atoms with Crippen molar-refractivity contribution in [2.75, 3.05) is 36.1 Å². The minimum absolute atomic E-state index is 0.0954. The Kier molecular flexibility index (Phi) is 8.18. The molecule has 1 saturated carbocycles. The number of ether oxygens (including phenoxy) is 2. The lowest BCUT2D eigenvalue weighted by molar-refractivity contribution is -0.136. The van der Waals surface area contributed by atoms with Gasteiger partial charge >= 0.3 is 0 Å². The van der Waals surface area contributed by atoms with Crippen LogP contribution in [0.5, 0.6) is 11.5 Å². The molecule has 9 nitrogen and oxygen atoms in total. The van der Waals surface area contributed by atoms with E-state index >= 15 is 9.59 Å². The van der Waals surface area contributed by atoms with Gasteiger partial charge in [-0.2, -0.15) is 0 Å². The quantitative estimate of drug-likeness (QED) is 0.180. The molecule has 3 heterocycles. The highest BCUT2D eigenvalue weighted by Gasteiger charge is 2.66. The van der Waals surface area contributed by atoms with Gasteiger partial charge in [-0.1, -0.05) is 72.3 Å². The van der Waals surface area contributed by atoms with E-state index in [1.165, 1.54) is 11.0 Å². The van der Waals surface area contributed by atoms with E-state index in [1.54, 1.807) is 24.5 Å². The highest BCUT2D eigenvalue weighted by Crippen LogP contribution is 2.63. The number of allylic oxidation sites excluding steroid dienone is 5. The van der Waals surface area contributed by atoms with Crippen molar-refractivity contribution in [3.63, 3.8) is 0 Å². The summed E-state index contributed by atoms with van der Waals surface area (Å²) in [6.07, 6.45) is 6.20. The van der Waals surface area contributed by atoms with Crippen molar-refractivity contribution < 1.29 is 33.8 Å². The molecule has 4 aromatic rings. The number of morpholine rings is 1. The predicted molar refractivity (Wildman–Crippen MR) is 210 cm³/mol. The smallest absolute Gasteiger partial charge is 0.238 e. The van der Waals surface area contributed by atoms with Crippen LogP contribution in [0.2, 0.25) is 0 Å². The molecule has 3 fully saturated rings. The molecule has 280 valence electrons. The third kappa shape index (κ3) is 5.17. The minimum Gasteiger partial charge on any atom is -0.508 e. The molecule has 0 bridgehead atoms. The summed E-state index contributed by atoms with van der Waals surface area (Å²) >= 11 is 0. The number of carbonyl (C=O) groups excluding carboxylic acids is 4. The molecule has 9 heteroatoms. The van der Waals surface area contributed by atoms with Crippen molar-refractivity contribution in [2.45, 2.75) is 24.7 Å². The van der Waals surface area contributed by atoms with E-state index in [0.717, 1.165) is 41.1 Å². The monoisotopic (exact) mass is 744 g/mol. The highest BCUT2D eigenvalue weighted by molar-refractivity contribution is 6.31. The molecule has 10 rings (SSSR count). The van der Waals surface area contributed by atoms with E-state index in [-0.39, 0.29) is 35.6 Å². The summed E-state index contributed by atoms with van der Waals surface area (Å²) in [6, 6.07) is 31.3. The SMILES string of the molecule is O=C1C(c2ccccc2)=CC(=O)[C@@]2(c3ccccc3)[C@@H](C3=COc4ccc(O)cc4C3)C3=CC[C@@H]4C(=O)N(c5ccc(N6CCOCC6)cc5)C(=O)[C@@H]4[C@@H]3C[C@@H]12. The standard InChI is InChI=1S/C47H40N2O7/c50-34-15-18-40-29(24-34)23-30(27-56-40)43-35-16-17-36-42(46(54)49(45(36)53)33-13-11-32(12-14-33)48-19-21-55-22-20-48)38(35)25-39-44(52)37(28-7-3-1-4-8-28)26-41(51)47(39,43)31-9-5-2-6-10-31/h1-16,18,24,26-27,36,38-39,42-43,50H,17,19-23,25H2/t36-,38+,39-,42-,43-,47-/m0/s1. The van der Waals surface area contributed by atoms with Crippen molar-refractivity contribution >= 4 is 40.3 Å². The molecule has 4 aromatic carbocycles. The van der Waals surface area contributed by atoms with Crippen LogP contribution < -0.4 is 14.5 Å². The van der Waals surface area contributed by atoms with Gasteiger partial charge in [0.15, 0.2) is 11.6 Å². The first-order valence-corrected chi connectivity index (χ1v) is 19.4. The molecule has 2 saturated heterocycles. The van der Waals surface area contributed by atoms with E-state index in [1.807, 2.05) is 84.9 Å². The van der Waals surface area contributed by atoms with Crippen LogP contribution in [0, 0.1) is 29.6 Å². The Hall–Kier alpha value is -6.06. The van der Waals surface area contributed by atoms with Gasteiger partial charge in [-0.15, -0.1) is 0 Å². The van der Waals surface area contributed by atoms with Crippen molar-refractivity contribution in [1.82, 2.24) is 0 Å². The summed E-state index contributed by atoms with van der Waals surface area (Å²) in [5.41, 5.74) is 4.33. The molecular weight excluding hydrogens is 705 g/mol. The maximum absolute atomic E-state index is 15.3. The van der Waals surface area contributed by atoms with Gasteiger partial charge in [-0.25, -0.2) is 0 Å². The van der Waals surface area contributed by atoms with Crippen LogP contribution in [-0.2, 0) is 35.8 Å². The second kappa shape index (κ2) is 13.3. The fourth-order valence-corrected chi connectivity index (χ4v) is 10.6. The zero-order valence-corrected chi connectivity index (χ0v) is 30.7. The van der Waals surface area contributed by atoms with Crippen LogP contribution in [-0.4, -0.2) is 54.8 Å². The van der Waals surface area contributed by atoms with Gasteiger partial charge in [0.05, 0.1) is 42.4 Å². The number of imide groups is 1. The number of amides is 2. The van der Waals surface area contributed by atoms with E-state index < -0.39 is 35.0 Å². The molecule has 0 radical (unpaired) electrons. The first kappa shape index (κ1) is 34.4. The van der Waals surface area contributed by atoms with Crippen LogP contribution in [0.3, 0.4) is 0 Å². The normalized spacial score (nSPS) is 28.3. The number of phenols is 1. The molecule has 0 aromatic heterocycles. The third-order valence-corrected chi connectivity index (χ3v) is 13.0. The summed E-state index contributed by atoms with van der Waals surface area (Å²) in [7, 11) is 0. The van der Waals surface area contributed by atoms with E-state index in [4.69, 9.17) is 9.47 Å². The molecule has 0 spiro atoms. The number of fused-ring (bicyclic) bond motifs is 5. The van der Waals surface area contributed by atoms with Gasteiger partial charge in [0.2, 0.25) is 11.8 Å². The highest BCUT2D eigenvalue weighted by atomic mass is 16.5. The molecule has 1 N–H and O–H groups in total. The molecule has 3 aliphatic heterocycles. The Bertz CT molecular complexity index is 2380. The number of aromatic hydroxyl groups is 1. The van der Waals surface area contributed by atoms with E-state index in [0.29, 0.717) is 48.6 Å². The number of ketones is 2. The maximum atomic E-state index is 15.3. The number of phenolic OH excluding ortho intramolecular Hbond substituents is 1. The number of hydrogen-bond donors (Lipinski definition) is 1. The third-order valence-electron chi connectivity index (χ3n) is 13.0. The molecule has 6 atom stereocenters. The number of nitrogens with zero attached hydrogens (tertiary/aromatic N) is 2. The number of anilines is 2. The van der Waals surface area contributed by atoms with E-state index in [2.05, 4.69) is 11.0 Å². The fourth-order valence-electron chi connectivity index (χ4n) is 10.6. The van der Waals surface area contributed by atoms with Gasteiger partial charge in [0, 0.05) is 48.2 Å². The zero-order valence-electron chi connectivity index (χ0n) is 30.7. The van der Waals surface area contributed by atoms with Crippen LogP contribution >= 0.6 is 0 Å². The Morgan fingerprint density at radius 2 is 1.48 bits per heavy atom. The molecule has 3 aliphatic carbocycles. The Morgan fingerprint density at radius 3 is 2.23 bits per heavy atom. The second-order valence-corrected chi connectivity index (χ2v) is 15.7. The first-order chi connectivity index (χ1) is 27.3. The molecule has 2 amide bonds. The lowest BCUT2D eigenvalue weighted by Crippen LogP contribution is -2.60. The molecule has 56 heavy (non-hydrogen) atoms. The molecule has 6 aliphatic rings. The van der Waals surface area contributed by atoms with Crippen LogP contribution in [0.25, 0.3) is 5.57 Å². The fraction of sp³-hybridized carbons (Fsp3) is 0.277. The van der Waals surface area contributed by atoms with Crippen LogP contribution in [0.1, 0.15) is 29.5 Å². The topological polar surface area (TPSA) is 113 Å².